The first kappa shape index (κ1) is 16.4. The SMILES string of the molecule is CN[C@H]1CC2(CCN(C(=O)Cn3ccnc3)CC2)OC[C@]1(C)O. The molecule has 0 unspecified atom stereocenters. The second-order valence-electron chi connectivity index (χ2n) is 6.99. The molecule has 7 heteroatoms. The Hall–Kier alpha value is -1.44. The van der Waals surface area contributed by atoms with Crippen molar-refractivity contribution in [3.05, 3.63) is 18.7 Å². The average Bonchev–Trinajstić information content (AvgIpc) is 3.03. The molecular weight excluding hydrogens is 296 g/mol. The fraction of sp³-hybridized carbons (Fsp3) is 0.750. The van der Waals surface area contributed by atoms with Gasteiger partial charge in [0.25, 0.3) is 0 Å². The Morgan fingerprint density at radius 1 is 1.48 bits per heavy atom. The fourth-order valence-corrected chi connectivity index (χ4v) is 3.61. The first-order valence-electron chi connectivity index (χ1n) is 8.21. The second-order valence-corrected chi connectivity index (χ2v) is 6.99. The third-order valence-corrected chi connectivity index (χ3v) is 5.25. The molecule has 128 valence electrons. The number of hydrogen-bond donors (Lipinski definition) is 2. The van der Waals surface area contributed by atoms with Crippen LogP contribution in [0, 0.1) is 0 Å². The molecule has 1 amide bonds. The largest absolute Gasteiger partial charge is 0.386 e. The molecule has 0 aliphatic carbocycles. The van der Waals surface area contributed by atoms with Crippen molar-refractivity contribution in [2.45, 2.75) is 50.0 Å². The number of likely N-dealkylation sites (tertiary alicyclic amines) is 1. The van der Waals surface area contributed by atoms with Crippen LogP contribution in [0.5, 0.6) is 0 Å². The highest BCUT2D eigenvalue weighted by molar-refractivity contribution is 5.76. The van der Waals surface area contributed by atoms with Gasteiger partial charge in [-0.25, -0.2) is 4.98 Å². The molecule has 1 aromatic rings. The highest BCUT2D eigenvalue weighted by atomic mass is 16.5. The summed E-state index contributed by atoms with van der Waals surface area (Å²) in [6, 6.07) is 0.0180. The standard InChI is InChI=1S/C16H26N4O3/c1-15(22)11-23-16(9-13(15)17-2)3-6-20(7-4-16)14(21)10-19-8-5-18-12-19/h5,8,12-13,17,22H,3-4,6-7,9-11H2,1-2H3/t13-,15-/m0/s1. The van der Waals surface area contributed by atoms with E-state index < -0.39 is 5.60 Å². The minimum atomic E-state index is -0.839. The van der Waals surface area contributed by atoms with E-state index in [-0.39, 0.29) is 17.6 Å². The Kier molecular flexibility index (Phi) is 4.44. The van der Waals surface area contributed by atoms with Gasteiger partial charge in [0, 0.05) is 31.5 Å². The smallest absolute Gasteiger partial charge is 0.242 e. The number of aromatic nitrogens is 2. The molecule has 3 rings (SSSR count). The van der Waals surface area contributed by atoms with Gasteiger partial charge in [0.05, 0.1) is 18.5 Å². The van der Waals surface area contributed by atoms with Crippen molar-refractivity contribution in [1.82, 2.24) is 19.8 Å². The summed E-state index contributed by atoms with van der Waals surface area (Å²) < 4.78 is 7.83. The molecule has 2 atom stereocenters. The summed E-state index contributed by atoms with van der Waals surface area (Å²) in [6.45, 7) is 3.88. The van der Waals surface area contributed by atoms with Gasteiger partial charge in [-0.1, -0.05) is 0 Å². The summed E-state index contributed by atoms with van der Waals surface area (Å²) in [4.78, 5) is 18.2. The maximum absolute atomic E-state index is 12.3. The highest BCUT2D eigenvalue weighted by Gasteiger charge is 2.48. The molecule has 2 fully saturated rings. The van der Waals surface area contributed by atoms with Gasteiger partial charge in [-0.2, -0.15) is 0 Å². The topological polar surface area (TPSA) is 79.6 Å². The normalized spacial score (nSPS) is 30.6. The lowest BCUT2D eigenvalue weighted by Crippen LogP contribution is -2.62. The van der Waals surface area contributed by atoms with Crippen LogP contribution in [0.4, 0.5) is 0 Å². The van der Waals surface area contributed by atoms with E-state index in [9.17, 15) is 9.90 Å². The maximum atomic E-state index is 12.3. The Morgan fingerprint density at radius 2 is 2.22 bits per heavy atom. The maximum Gasteiger partial charge on any atom is 0.242 e. The number of amides is 1. The molecular formula is C16H26N4O3. The highest BCUT2D eigenvalue weighted by Crippen LogP contribution is 2.38. The second kappa shape index (κ2) is 6.22. The predicted octanol–water partition coefficient (Wildman–Crippen LogP) is 0.00360. The summed E-state index contributed by atoms with van der Waals surface area (Å²) in [5, 5.41) is 13.6. The van der Waals surface area contributed by atoms with Crippen LogP contribution in [0.2, 0.25) is 0 Å². The zero-order valence-corrected chi connectivity index (χ0v) is 13.9. The number of imidazole rings is 1. The van der Waals surface area contributed by atoms with Gasteiger partial charge in [0.15, 0.2) is 0 Å². The van der Waals surface area contributed by atoms with Crippen LogP contribution < -0.4 is 5.32 Å². The van der Waals surface area contributed by atoms with Crippen LogP contribution in [-0.4, -0.2) is 69.5 Å². The Balaban J connectivity index is 1.57. The zero-order valence-electron chi connectivity index (χ0n) is 13.9. The Bertz CT molecular complexity index is 536. The monoisotopic (exact) mass is 322 g/mol. The number of likely N-dealkylation sites (N-methyl/N-ethyl adjacent to an activating group) is 1. The van der Waals surface area contributed by atoms with Crippen molar-refractivity contribution in [3.63, 3.8) is 0 Å². The molecule has 0 radical (unpaired) electrons. The van der Waals surface area contributed by atoms with E-state index in [2.05, 4.69) is 10.3 Å². The summed E-state index contributed by atoms with van der Waals surface area (Å²) >= 11 is 0. The molecule has 1 spiro atoms. The van der Waals surface area contributed by atoms with Gasteiger partial charge in [-0.3, -0.25) is 4.79 Å². The number of piperidine rings is 1. The number of carbonyl (C=O) groups excluding carboxylic acids is 1. The van der Waals surface area contributed by atoms with Crippen LogP contribution in [0.1, 0.15) is 26.2 Å². The Morgan fingerprint density at radius 3 is 2.83 bits per heavy atom. The van der Waals surface area contributed by atoms with Gasteiger partial charge in [0.1, 0.15) is 12.1 Å². The molecule has 3 heterocycles. The molecule has 0 saturated carbocycles. The van der Waals surface area contributed by atoms with E-state index in [4.69, 9.17) is 4.74 Å². The lowest BCUT2D eigenvalue weighted by Gasteiger charge is -2.50. The predicted molar refractivity (Wildman–Crippen MR) is 84.8 cm³/mol. The third-order valence-electron chi connectivity index (χ3n) is 5.25. The molecule has 2 saturated heterocycles. The molecule has 1 aromatic heterocycles. The van der Waals surface area contributed by atoms with E-state index in [0.29, 0.717) is 26.2 Å². The minimum absolute atomic E-state index is 0.0180. The first-order chi connectivity index (χ1) is 10.9. The van der Waals surface area contributed by atoms with E-state index in [1.54, 1.807) is 23.3 Å². The van der Waals surface area contributed by atoms with Crippen molar-refractivity contribution in [1.29, 1.82) is 0 Å². The van der Waals surface area contributed by atoms with Crippen molar-refractivity contribution < 1.29 is 14.6 Å². The van der Waals surface area contributed by atoms with Gasteiger partial charge in [-0.15, -0.1) is 0 Å². The quantitative estimate of drug-likeness (QED) is 0.819. The number of nitrogens with zero attached hydrogens (tertiary/aromatic N) is 3. The third kappa shape index (κ3) is 3.41. The van der Waals surface area contributed by atoms with Crippen molar-refractivity contribution >= 4 is 5.91 Å². The number of nitrogens with one attached hydrogen (secondary N) is 1. The number of ether oxygens (including phenoxy) is 1. The van der Waals surface area contributed by atoms with Crippen molar-refractivity contribution in [2.24, 2.45) is 0 Å². The number of hydrogen-bond acceptors (Lipinski definition) is 5. The molecule has 2 aliphatic rings. The number of rotatable bonds is 3. The molecule has 0 aromatic carbocycles. The summed E-state index contributed by atoms with van der Waals surface area (Å²) in [5.74, 6) is 0.117. The van der Waals surface area contributed by atoms with Crippen molar-refractivity contribution in [2.75, 3.05) is 26.7 Å². The molecule has 2 aliphatic heterocycles. The lowest BCUT2D eigenvalue weighted by atomic mass is 9.77. The zero-order chi connectivity index (χ0) is 16.5. The molecule has 7 nitrogen and oxygen atoms in total. The molecule has 23 heavy (non-hydrogen) atoms. The lowest BCUT2D eigenvalue weighted by molar-refractivity contribution is -0.193. The van der Waals surface area contributed by atoms with Crippen LogP contribution in [0.3, 0.4) is 0 Å². The van der Waals surface area contributed by atoms with E-state index in [1.165, 1.54) is 0 Å². The van der Waals surface area contributed by atoms with Crippen LogP contribution in [0.25, 0.3) is 0 Å². The summed E-state index contributed by atoms with van der Waals surface area (Å²) in [5.41, 5.74) is -1.06. The van der Waals surface area contributed by atoms with E-state index >= 15 is 0 Å². The van der Waals surface area contributed by atoms with E-state index in [0.717, 1.165) is 19.3 Å². The average molecular weight is 322 g/mol. The van der Waals surface area contributed by atoms with Gasteiger partial charge in [0.2, 0.25) is 5.91 Å². The number of carbonyl (C=O) groups is 1. The minimum Gasteiger partial charge on any atom is -0.386 e. The molecule has 2 N–H and O–H groups in total. The van der Waals surface area contributed by atoms with Crippen LogP contribution in [0.15, 0.2) is 18.7 Å². The van der Waals surface area contributed by atoms with Gasteiger partial charge in [-0.05, 0) is 33.2 Å². The van der Waals surface area contributed by atoms with Gasteiger partial charge < -0.3 is 24.6 Å². The summed E-state index contributed by atoms with van der Waals surface area (Å²) in [6.07, 6.45) is 7.55. The van der Waals surface area contributed by atoms with Crippen LogP contribution in [-0.2, 0) is 16.1 Å². The summed E-state index contributed by atoms with van der Waals surface area (Å²) in [7, 11) is 1.88. The fourth-order valence-electron chi connectivity index (χ4n) is 3.61. The number of aliphatic hydroxyl groups is 1. The molecule has 0 bridgehead atoms. The first-order valence-corrected chi connectivity index (χ1v) is 8.21. The van der Waals surface area contributed by atoms with Gasteiger partial charge >= 0.3 is 0 Å². The van der Waals surface area contributed by atoms with Crippen LogP contribution >= 0.6 is 0 Å². The van der Waals surface area contributed by atoms with E-state index in [1.807, 2.05) is 18.9 Å². The van der Waals surface area contributed by atoms with Crippen molar-refractivity contribution in [3.8, 4) is 0 Å². The Labute approximate surface area is 136 Å².